The molecule has 4 aliphatic carbocycles. The summed E-state index contributed by atoms with van der Waals surface area (Å²) in [6.07, 6.45) is 0.259. The average molecular weight is 449 g/mol. The molecule has 0 aliphatic heterocycles. The molecule has 0 aromatic heterocycles. The standard InChI is InChI=1S/C24H36F4O3/c1-13(4-7-19(30)31)15-5-6-16-20-17(10-18(29)22(15,16)3)21(2)8-9-23(25,26)11-14(21)12-24(20,27)28/h13-18,20,29H,4-12H2,1-3H3,(H,30,31). The predicted octanol–water partition coefficient (Wildman–Crippen LogP) is 6.00. The van der Waals surface area contributed by atoms with Gasteiger partial charge in [-0.2, -0.15) is 0 Å². The van der Waals surface area contributed by atoms with E-state index in [1.54, 1.807) is 0 Å². The van der Waals surface area contributed by atoms with Crippen LogP contribution in [0.4, 0.5) is 17.6 Å². The van der Waals surface area contributed by atoms with E-state index < -0.39 is 65.3 Å². The van der Waals surface area contributed by atoms with Gasteiger partial charge in [0.05, 0.1) is 6.10 Å². The molecule has 9 atom stereocenters. The van der Waals surface area contributed by atoms with Crippen molar-refractivity contribution in [3.8, 4) is 0 Å². The van der Waals surface area contributed by atoms with Crippen molar-refractivity contribution in [1.82, 2.24) is 0 Å². The van der Waals surface area contributed by atoms with Crippen molar-refractivity contribution < 1.29 is 32.6 Å². The minimum Gasteiger partial charge on any atom is -0.481 e. The summed E-state index contributed by atoms with van der Waals surface area (Å²) in [6.45, 7) is 5.81. The summed E-state index contributed by atoms with van der Waals surface area (Å²) < 4.78 is 59.5. The normalized spacial score (nSPS) is 48.9. The Morgan fingerprint density at radius 1 is 1.06 bits per heavy atom. The van der Waals surface area contributed by atoms with Gasteiger partial charge in [0.1, 0.15) is 0 Å². The molecule has 4 fully saturated rings. The first-order valence-corrected chi connectivity index (χ1v) is 11.9. The van der Waals surface area contributed by atoms with E-state index in [0.717, 1.165) is 0 Å². The lowest BCUT2D eigenvalue weighted by molar-refractivity contribution is -0.266. The molecule has 178 valence electrons. The second-order valence-corrected chi connectivity index (χ2v) is 11.7. The predicted molar refractivity (Wildman–Crippen MR) is 108 cm³/mol. The Balaban J connectivity index is 1.66. The Bertz CT molecular complexity index is 728. The van der Waals surface area contributed by atoms with E-state index in [2.05, 4.69) is 0 Å². The van der Waals surface area contributed by atoms with Crippen molar-refractivity contribution in [2.45, 2.75) is 96.5 Å². The van der Waals surface area contributed by atoms with Crippen LogP contribution in [0.2, 0.25) is 0 Å². The molecule has 0 aromatic carbocycles. The molecule has 0 spiro atoms. The molecule has 9 unspecified atom stereocenters. The topological polar surface area (TPSA) is 57.5 Å². The number of halogens is 4. The number of carbonyl (C=O) groups is 1. The number of hydrogen-bond donors (Lipinski definition) is 2. The van der Waals surface area contributed by atoms with Crippen LogP contribution in [0.3, 0.4) is 0 Å². The van der Waals surface area contributed by atoms with Crippen LogP contribution in [0.1, 0.15) is 78.6 Å². The second-order valence-electron chi connectivity index (χ2n) is 11.7. The van der Waals surface area contributed by atoms with Crippen LogP contribution in [0, 0.1) is 46.3 Å². The maximum absolute atomic E-state index is 15.6. The smallest absolute Gasteiger partial charge is 0.303 e. The first kappa shape index (κ1) is 23.3. The molecule has 3 nitrogen and oxygen atoms in total. The molecule has 4 saturated carbocycles. The minimum atomic E-state index is -3.02. The number of rotatable bonds is 4. The number of aliphatic hydroxyl groups excluding tert-OH is 1. The van der Waals surface area contributed by atoms with E-state index in [9.17, 15) is 18.7 Å². The highest BCUT2D eigenvalue weighted by molar-refractivity contribution is 5.66. The Morgan fingerprint density at radius 2 is 1.74 bits per heavy atom. The number of aliphatic hydroxyl groups is 1. The fourth-order valence-corrected chi connectivity index (χ4v) is 8.57. The van der Waals surface area contributed by atoms with Crippen LogP contribution in [-0.4, -0.2) is 34.1 Å². The monoisotopic (exact) mass is 448 g/mol. The fraction of sp³-hybridized carbons (Fsp3) is 0.958. The molecule has 31 heavy (non-hydrogen) atoms. The summed E-state index contributed by atoms with van der Waals surface area (Å²) in [7, 11) is 0. The molecule has 4 rings (SSSR count). The van der Waals surface area contributed by atoms with Crippen molar-refractivity contribution in [3.63, 3.8) is 0 Å². The SMILES string of the molecule is CC(CCC(=O)O)C1CCC2C3C(CC(O)C12C)C1(C)CCC(F)(F)CC1CC3(F)F. The van der Waals surface area contributed by atoms with Crippen LogP contribution >= 0.6 is 0 Å². The largest absolute Gasteiger partial charge is 0.481 e. The van der Waals surface area contributed by atoms with Crippen molar-refractivity contribution in [2.24, 2.45) is 46.3 Å². The van der Waals surface area contributed by atoms with E-state index in [4.69, 9.17) is 5.11 Å². The maximum atomic E-state index is 15.6. The van der Waals surface area contributed by atoms with Crippen LogP contribution in [0.15, 0.2) is 0 Å². The molecule has 2 N–H and O–H groups in total. The van der Waals surface area contributed by atoms with Crippen LogP contribution < -0.4 is 0 Å². The summed E-state index contributed by atoms with van der Waals surface area (Å²) in [5, 5.41) is 20.4. The lowest BCUT2D eigenvalue weighted by Crippen LogP contribution is -2.64. The van der Waals surface area contributed by atoms with Gasteiger partial charge < -0.3 is 10.2 Å². The molecule has 0 bridgehead atoms. The maximum Gasteiger partial charge on any atom is 0.303 e. The van der Waals surface area contributed by atoms with Gasteiger partial charge in [-0.1, -0.05) is 20.8 Å². The summed E-state index contributed by atoms with van der Waals surface area (Å²) in [5.41, 5.74) is -1.28. The number of carboxylic acid groups (broad SMARTS) is 1. The first-order chi connectivity index (χ1) is 14.2. The quantitative estimate of drug-likeness (QED) is 0.519. The molecular formula is C24H36F4O3. The second kappa shape index (κ2) is 7.33. The van der Waals surface area contributed by atoms with E-state index in [-0.39, 0.29) is 43.4 Å². The molecule has 4 aliphatic rings. The molecule has 7 heteroatoms. The zero-order valence-electron chi connectivity index (χ0n) is 18.7. The Hall–Kier alpha value is -0.850. The number of fused-ring (bicyclic) bond motifs is 5. The van der Waals surface area contributed by atoms with Crippen LogP contribution in [0.25, 0.3) is 0 Å². The molecule has 0 saturated heterocycles. The number of aliphatic carboxylic acids is 1. The van der Waals surface area contributed by atoms with Gasteiger partial charge >= 0.3 is 5.97 Å². The number of hydrogen-bond acceptors (Lipinski definition) is 2. The van der Waals surface area contributed by atoms with Crippen molar-refractivity contribution in [3.05, 3.63) is 0 Å². The van der Waals surface area contributed by atoms with Crippen molar-refractivity contribution in [1.29, 1.82) is 0 Å². The summed E-state index contributed by atoms with van der Waals surface area (Å²) in [4.78, 5) is 11.0. The van der Waals surface area contributed by atoms with Gasteiger partial charge in [0.25, 0.3) is 5.92 Å². The van der Waals surface area contributed by atoms with Gasteiger partial charge in [0, 0.05) is 31.6 Å². The number of alkyl halides is 4. The third kappa shape index (κ3) is 3.52. The molecule has 0 aromatic rings. The van der Waals surface area contributed by atoms with E-state index in [0.29, 0.717) is 19.3 Å². The van der Waals surface area contributed by atoms with Crippen LogP contribution in [-0.2, 0) is 4.79 Å². The summed E-state index contributed by atoms with van der Waals surface area (Å²) >= 11 is 0. The van der Waals surface area contributed by atoms with E-state index in [1.165, 1.54) is 0 Å². The van der Waals surface area contributed by atoms with Crippen LogP contribution in [0.5, 0.6) is 0 Å². The first-order valence-electron chi connectivity index (χ1n) is 11.9. The molecule has 0 radical (unpaired) electrons. The minimum absolute atomic E-state index is 0.00943. The van der Waals surface area contributed by atoms with Gasteiger partial charge in [-0.05, 0) is 72.5 Å². The van der Waals surface area contributed by atoms with E-state index in [1.807, 2.05) is 20.8 Å². The highest BCUT2D eigenvalue weighted by Gasteiger charge is 2.71. The molecule has 0 amide bonds. The molecule has 0 heterocycles. The van der Waals surface area contributed by atoms with Gasteiger partial charge in [-0.3, -0.25) is 4.79 Å². The molecular weight excluding hydrogens is 412 g/mol. The highest BCUT2D eigenvalue weighted by Crippen LogP contribution is 2.71. The van der Waals surface area contributed by atoms with Gasteiger partial charge in [-0.25, -0.2) is 17.6 Å². The average Bonchev–Trinajstić information content (AvgIpc) is 3.00. The Labute approximate surface area is 182 Å². The number of carboxylic acids is 1. The van der Waals surface area contributed by atoms with Crippen molar-refractivity contribution in [2.75, 3.05) is 0 Å². The Kier molecular flexibility index (Phi) is 5.51. The third-order valence-electron chi connectivity index (χ3n) is 10.3. The summed E-state index contributed by atoms with van der Waals surface area (Å²) in [6, 6.07) is 0. The zero-order valence-corrected chi connectivity index (χ0v) is 18.7. The van der Waals surface area contributed by atoms with Gasteiger partial charge in [-0.15, -0.1) is 0 Å². The third-order valence-corrected chi connectivity index (χ3v) is 10.3. The van der Waals surface area contributed by atoms with Crippen molar-refractivity contribution >= 4 is 5.97 Å². The summed E-state index contributed by atoms with van der Waals surface area (Å²) in [5.74, 6) is -9.22. The van der Waals surface area contributed by atoms with Gasteiger partial charge in [0.2, 0.25) is 5.92 Å². The lowest BCUT2D eigenvalue weighted by atomic mass is 9.42. The van der Waals surface area contributed by atoms with Gasteiger partial charge in [0.15, 0.2) is 0 Å². The highest BCUT2D eigenvalue weighted by atomic mass is 19.3. The lowest BCUT2D eigenvalue weighted by Gasteiger charge is -2.64. The fourth-order valence-electron chi connectivity index (χ4n) is 8.57. The van der Waals surface area contributed by atoms with E-state index >= 15 is 8.78 Å². The zero-order chi connectivity index (χ0) is 23.0. The Morgan fingerprint density at radius 3 is 2.39 bits per heavy atom.